The fourth-order valence-corrected chi connectivity index (χ4v) is 2.75. The van der Waals surface area contributed by atoms with Gasteiger partial charge in [0, 0.05) is 17.7 Å². The summed E-state index contributed by atoms with van der Waals surface area (Å²) in [6, 6.07) is 6.99. The SMILES string of the molecule is COc1cc2oc(-c3ccc(C(F)(F)F)cc3)cc(=O)c2c(OC)c1OC. The lowest BCUT2D eigenvalue weighted by molar-refractivity contribution is -0.137. The highest BCUT2D eigenvalue weighted by atomic mass is 19.4. The Kier molecular flexibility index (Phi) is 4.73. The van der Waals surface area contributed by atoms with Crippen LogP contribution in [-0.2, 0) is 6.18 Å². The Bertz CT molecular complexity index is 1040. The van der Waals surface area contributed by atoms with Crippen molar-refractivity contribution in [3.8, 4) is 28.6 Å². The Labute approximate surface area is 151 Å². The second kappa shape index (κ2) is 6.86. The monoisotopic (exact) mass is 380 g/mol. The molecule has 0 fully saturated rings. The van der Waals surface area contributed by atoms with Crippen LogP contribution in [0.2, 0.25) is 0 Å². The van der Waals surface area contributed by atoms with Crippen LogP contribution in [0.25, 0.3) is 22.3 Å². The van der Waals surface area contributed by atoms with Crippen LogP contribution in [0, 0.1) is 0 Å². The van der Waals surface area contributed by atoms with Gasteiger partial charge in [0.05, 0.1) is 26.9 Å². The molecule has 142 valence electrons. The molecule has 3 aromatic rings. The first-order valence-electron chi connectivity index (χ1n) is 7.74. The third kappa shape index (κ3) is 3.30. The molecule has 0 bridgehead atoms. The Morgan fingerprint density at radius 3 is 2.04 bits per heavy atom. The summed E-state index contributed by atoms with van der Waals surface area (Å²) in [6.07, 6.45) is -4.44. The lowest BCUT2D eigenvalue weighted by atomic mass is 10.1. The maximum Gasteiger partial charge on any atom is 0.416 e. The maximum atomic E-state index is 12.7. The summed E-state index contributed by atoms with van der Waals surface area (Å²) in [5.41, 5.74) is -0.728. The van der Waals surface area contributed by atoms with E-state index in [1.807, 2.05) is 0 Å². The van der Waals surface area contributed by atoms with Gasteiger partial charge in [0.1, 0.15) is 16.7 Å². The second-order valence-corrected chi connectivity index (χ2v) is 5.57. The van der Waals surface area contributed by atoms with Crippen molar-refractivity contribution < 1.29 is 31.8 Å². The van der Waals surface area contributed by atoms with E-state index in [9.17, 15) is 18.0 Å². The number of halogens is 3. The van der Waals surface area contributed by atoms with Crippen LogP contribution in [0.5, 0.6) is 17.2 Å². The number of rotatable bonds is 4. The molecule has 0 aliphatic carbocycles. The van der Waals surface area contributed by atoms with Gasteiger partial charge in [0.25, 0.3) is 0 Å². The van der Waals surface area contributed by atoms with Gasteiger partial charge in [0.2, 0.25) is 5.75 Å². The van der Waals surface area contributed by atoms with Gasteiger partial charge < -0.3 is 18.6 Å². The first-order chi connectivity index (χ1) is 12.8. The van der Waals surface area contributed by atoms with Gasteiger partial charge in [-0.25, -0.2) is 0 Å². The van der Waals surface area contributed by atoms with Crippen molar-refractivity contribution in [3.63, 3.8) is 0 Å². The number of ether oxygens (including phenoxy) is 3. The summed E-state index contributed by atoms with van der Waals surface area (Å²) in [5.74, 6) is 0.798. The molecule has 0 atom stereocenters. The topological polar surface area (TPSA) is 57.9 Å². The van der Waals surface area contributed by atoms with Crippen LogP contribution < -0.4 is 19.6 Å². The van der Waals surface area contributed by atoms with Crippen LogP contribution >= 0.6 is 0 Å². The molecule has 1 aromatic heterocycles. The number of fused-ring (bicyclic) bond motifs is 1. The van der Waals surface area contributed by atoms with E-state index in [-0.39, 0.29) is 34.0 Å². The van der Waals surface area contributed by atoms with Crippen molar-refractivity contribution in [3.05, 3.63) is 52.2 Å². The Morgan fingerprint density at radius 2 is 1.52 bits per heavy atom. The third-order valence-corrected chi connectivity index (χ3v) is 4.02. The fraction of sp³-hybridized carbons (Fsp3) is 0.211. The third-order valence-electron chi connectivity index (χ3n) is 4.02. The molecule has 1 heterocycles. The summed E-state index contributed by atoms with van der Waals surface area (Å²) in [4.78, 5) is 12.6. The largest absolute Gasteiger partial charge is 0.493 e. The first-order valence-corrected chi connectivity index (χ1v) is 7.74. The predicted molar refractivity (Wildman–Crippen MR) is 92.6 cm³/mol. The minimum absolute atomic E-state index is 0.121. The molecule has 2 aromatic carbocycles. The molecule has 5 nitrogen and oxygen atoms in total. The van der Waals surface area contributed by atoms with E-state index in [0.29, 0.717) is 5.56 Å². The van der Waals surface area contributed by atoms with Gasteiger partial charge >= 0.3 is 6.18 Å². The summed E-state index contributed by atoms with van der Waals surface area (Å²) in [5, 5.41) is 0.144. The summed E-state index contributed by atoms with van der Waals surface area (Å²) >= 11 is 0. The van der Waals surface area contributed by atoms with Crippen LogP contribution in [0.1, 0.15) is 5.56 Å². The highest BCUT2D eigenvalue weighted by Crippen LogP contribution is 2.42. The van der Waals surface area contributed by atoms with E-state index >= 15 is 0 Å². The zero-order chi connectivity index (χ0) is 19.8. The molecular formula is C19H15F3O5. The van der Waals surface area contributed by atoms with Crippen LogP contribution in [0.15, 0.2) is 45.6 Å². The van der Waals surface area contributed by atoms with Crippen molar-refractivity contribution in [1.82, 2.24) is 0 Å². The number of hydrogen-bond acceptors (Lipinski definition) is 5. The predicted octanol–water partition coefficient (Wildman–Crippen LogP) is 4.50. The van der Waals surface area contributed by atoms with E-state index in [1.165, 1.54) is 45.6 Å². The van der Waals surface area contributed by atoms with Gasteiger partial charge in [-0.15, -0.1) is 0 Å². The molecule has 8 heteroatoms. The Balaban J connectivity index is 2.21. The average Bonchev–Trinajstić information content (AvgIpc) is 2.65. The van der Waals surface area contributed by atoms with Gasteiger partial charge in [-0.1, -0.05) is 12.1 Å². The summed E-state index contributed by atoms with van der Waals surface area (Å²) in [6.45, 7) is 0. The molecule has 0 saturated heterocycles. The number of alkyl halides is 3. The van der Waals surface area contributed by atoms with Crippen molar-refractivity contribution in [2.75, 3.05) is 21.3 Å². The van der Waals surface area contributed by atoms with Crippen LogP contribution in [-0.4, -0.2) is 21.3 Å². The van der Waals surface area contributed by atoms with E-state index in [2.05, 4.69) is 0 Å². The molecule has 0 aliphatic rings. The number of benzene rings is 2. The quantitative estimate of drug-likeness (QED) is 0.667. The zero-order valence-electron chi connectivity index (χ0n) is 14.6. The summed E-state index contributed by atoms with van der Waals surface area (Å²) < 4.78 is 59.7. The van der Waals surface area contributed by atoms with Gasteiger partial charge in [0.15, 0.2) is 16.9 Å². The molecule has 0 amide bonds. The van der Waals surface area contributed by atoms with Crippen molar-refractivity contribution in [2.24, 2.45) is 0 Å². The van der Waals surface area contributed by atoms with Crippen molar-refractivity contribution in [1.29, 1.82) is 0 Å². The maximum absolute atomic E-state index is 12.7. The molecule has 0 aliphatic heterocycles. The minimum Gasteiger partial charge on any atom is -0.493 e. The molecule has 3 rings (SSSR count). The summed E-state index contributed by atoms with van der Waals surface area (Å²) in [7, 11) is 4.20. The van der Waals surface area contributed by atoms with Crippen LogP contribution in [0.4, 0.5) is 13.2 Å². The van der Waals surface area contributed by atoms with Crippen LogP contribution in [0.3, 0.4) is 0 Å². The molecule has 0 saturated carbocycles. The van der Waals surface area contributed by atoms with Crippen molar-refractivity contribution in [2.45, 2.75) is 6.18 Å². The molecule has 0 radical (unpaired) electrons. The Hall–Kier alpha value is -3.16. The molecule has 0 unspecified atom stereocenters. The van der Waals surface area contributed by atoms with Gasteiger partial charge in [-0.3, -0.25) is 4.79 Å². The second-order valence-electron chi connectivity index (χ2n) is 5.57. The lowest BCUT2D eigenvalue weighted by Crippen LogP contribution is -2.06. The first kappa shape index (κ1) is 18.6. The van der Waals surface area contributed by atoms with E-state index in [4.69, 9.17) is 18.6 Å². The van der Waals surface area contributed by atoms with Crippen molar-refractivity contribution >= 4 is 11.0 Å². The van der Waals surface area contributed by atoms with E-state index in [0.717, 1.165) is 12.1 Å². The zero-order valence-corrected chi connectivity index (χ0v) is 14.6. The van der Waals surface area contributed by atoms with E-state index < -0.39 is 17.2 Å². The minimum atomic E-state index is -4.44. The molecule has 0 spiro atoms. The lowest BCUT2D eigenvalue weighted by Gasteiger charge is -2.14. The fourth-order valence-electron chi connectivity index (χ4n) is 2.75. The molecular weight excluding hydrogens is 365 g/mol. The highest BCUT2D eigenvalue weighted by Gasteiger charge is 2.30. The number of methoxy groups -OCH3 is 3. The standard InChI is InChI=1S/C19H15F3O5/c1-24-15-9-14-16(18(26-3)17(15)25-2)12(23)8-13(27-14)10-4-6-11(7-5-10)19(20,21)22/h4-9H,1-3H3. The normalized spacial score (nSPS) is 11.5. The van der Waals surface area contributed by atoms with Gasteiger partial charge in [-0.05, 0) is 12.1 Å². The number of hydrogen-bond donors (Lipinski definition) is 0. The smallest absolute Gasteiger partial charge is 0.416 e. The Morgan fingerprint density at radius 1 is 0.889 bits per heavy atom. The molecule has 0 N–H and O–H groups in total. The average molecular weight is 380 g/mol. The molecule has 27 heavy (non-hydrogen) atoms. The highest BCUT2D eigenvalue weighted by molar-refractivity contribution is 5.90. The van der Waals surface area contributed by atoms with Gasteiger partial charge in [-0.2, -0.15) is 13.2 Å². The van der Waals surface area contributed by atoms with E-state index in [1.54, 1.807) is 0 Å².